The van der Waals surface area contributed by atoms with E-state index in [9.17, 15) is 9.50 Å². The van der Waals surface area contributed by atoms with Crippen molar-refractivity contribution in [3.05, 3.63) is 46.8 Å². The molecule has 0 fully saturated rings. The maximum Gasteiger partial charge on any atom is 0.142 e. The monoisotopic (exact) mass is 254 g/mol. The number of benzene rings is 1. The van der Waals surface area contributed by atoms with E-state index in [0.717, 1.165) is 24.8 Å². The summed E-state index contributed by atoms with van der Waals surface area (Å²) in [6.07, 6.45) is 7.29. The molecule has 1 aliphatic rings. The highest BCUT2D eigenvalue weighted by atomic mass is 35.5. The largest absolute Gasteiger partial charge is 0.392 e. The fraction of sp³-hybridized carbons (Fsp3) is 0.429. The molecule has 1 aliphatic carbocycles. The summed E-state index contributed by atoms with van der Waals surface area (Å²) in [5.41, 5.74) is 0.800. The molecule has 0 aliphatic heterocycles. The Hall–Kier alpha value is -0.860. The van der Waals surface area contributed by atoms with Crippen LogP contribution in [0.1, 0.15) is 24.8 Å². The summed E-state index contributed by atoms with van der Waals surface area (Å²) in [4.78, 5) is 0. The predicted molar refractivity (Wildman–Crippen MR) is 67.6 cm³/mol. The molecule has 0 aromatic heterocycles. The number of hydrogen-bond donors (Lipinski definition) is 1. The molecule has 0 amide bonds. The Morgan fingerprint density at radius 3 is 2.88 bits per heavy atom. The van der Waals surface area contributed by atoms with Gasteiger partial charge in [0.05, 0.1) is 11.1 Å². The van der Waals surface area contributed by atoms with Crippen molar-refractivity contribution in [1.29, 1.82) is 0 Å². The first-order valence-corrected chi connectivity index (χ1v) is 6.31. The maximum absolute atomic E-state index is 13.2. The molecule has 0 saturated heterocycles. The Kier molecular flexibility index (Phi) is 4.19. The predicted octanol–water partition coefficient (Wildman–Crippen LogP) is 3.74. The molecule has 1 aromatic rings. The van der Waals surface area contributed by atoms with Crippen molar-refractivity contribution in [2.24, 2.45) is 5.92 Å². The molecule has 92 valence electrons. The average Bonchev–Trinajstić information content (AvgIpc) is 2.35. The van der Waals surface area contributed by atoms with Crippen LogP contribution in [0.4, 0.5) is 4.39 Å². The fourth-order valence-electron chi connectivity index (χ4n) is 2.24. The van der Waals surface area contributed by atoms with E-state index in [2.05, 4.69) is 12.2 Å². The average molecular weight is 255 g/mol. The van der Waals surface area contributed by atoms with Crippen molar-refractivity contribution in [1.82, 2.24) is 0 Å². The van der Waals surface area contributed by atoms with Gasteiger partial charge in [-0.25, -0.2) is 4.39 Å². The number of aliphatic hydroxyl groups is 1. The highest BCUT2D eigenvalue weighted by Crippen LogP contribution is 2.25. The second-order valence-electron chi connectivity index (χ2n) is 4.56. The molecule has 2 unspecified atom stereocenters. The van der Waals surface area contributed by atoms with Crippen molar-refractivity contribution in [3.63, 3.8) is 0 Å². The van der Waals surface area contributed by atoms with Crippen molar-refractivity contribution in [2.75, 3.05) is 0 Å². The Bertz CT molecular complexity index is 417. The second kappa shape index (κ2) is 5.65. The molecule has 1 aromatic carbocycles. The molecule has 17 heavy (non-hydrogen) atoms. The molecule has 1 nitrogen and oxygen atoms in total. The van der Waals surface area contributed by atoms with Crippen LogP contribution in [0.25, 0.3) is 0 Å². The third kappa shape index (κ3) is 3.30. The first-order valence-electron chi connectivity index (χ1n) is 5.94. The van der Waals surface area contributed by atoms with Crippen LogP contribution in [0.3, 0.4) is 0 Å². The van der Waals surface area contributed by atoms with Gasteiger partial charge in [0, 0.05) is 0 Å². The zero-order valence-corrected chi connectivity index (χ0v) is 10.3. The van der Waals surface area contributed by atoms with Crippen LogP contribution in [0.5, 0.6) is 0 Å². The summed E-state index contributed by atoms with van der Waals surface area (Å²) in [5.74, 6) is -0.126. The van der Waals surface area contributed by atoms with Gasteiger partial charge in [0.1, 0.15) is 5.82 Å². The van der Waals surface area contributed by atoms with E-state index in [1.54, 1.807) is 12.1 Å². The van der Waals surface area contributed by atoms with Crippen LogP contribution in [0.2, 0.25) is 5.02 Å². The van der Waals surface area contributed by atoms with Crippen LogP contribution in [-0.2, 0) is 6.42 Å². The van der Waals surface area contributed by atoms with Gasteiger partial charge in [-0.2, -0.15) is 0 Å². The van der Waals surface area contributed by atoms with Crippen molar-refractivity contribution < 1.29 is 9.50 Å². The molecule has 0 saturated carbocycles. The van der Waals surface area contributed by atoms with E-state index >= 15 is 0 Å². The lowest BCUT2D eigenvalue weighted by molar-refractivity contribution is 0.102. The minimum Gasteiger partial charge on any atom is -0.392 e. The van der Waals surface area contributed by atoms with Gasteiger partial charge in [0.25, 0.3) is 0 Å². The van der Waals surface area contributed by atoms with Gasteiger partial charge in [-0.3, -0.25) is 0 Å². The van der Waals surface area contributed by atoms with Crippen LogP contribution in [0.15, 0.2) is 30.4 Å². The van der Waals surface area contributed by atoms with Gasteiger partial charge < -0.3 is 5.11 Å². The summed E-state index contributed by atoms with van der Waals surface area (Å²) in [5, 5.41) is 10.2. The van der Waals surface area contributed by atoms with Crippen molar-refractivity contribution in [3.8, 4) is 0 Å². The van der Waals surface area contributed by atoms with Crippen LogP contribution in [0, 0.1) is 11.7 Å². The van der Waals surface area contributed by atoms with Gasteiger partial charge in [0.15, 0.2) is 0 Å². The van der Waals surface area contributed by atoms with Crippen LogP contribution in [-0.4, -0.2) is 11.2 Å². The molecule has 3 heteroatoms. The molecule has 2 atom stereocenters. The second-order valence-corrected chi connectivity index (χ2v) is 4.97. The number of halogens is 2. The molecule has 0 spiro atoms. The quantitative estimate of drug-likeness (QED) is 0.815. The smallest absolute Gasteiger partial charge is 0.142 e. The van der Waals surface area contributed by atoms with Crippen LogP contribution < -0.4 is 0 Å². The summed E-state index contributed by atoms with van der Waals surface area (Å²) >= 11 is 5.62. The normalized spacial score (nSPS) is 21.5. The summed E-state index contributed by atoms with van der Waals surface area (Å²) < 4.78 is 13.2. The molecule has 0 radical (unpaired) electrons. The number of aliphatic hydroxyl groups excluding tert-OH is 1. The summed E-state index contributed by atoms with van der Waals surface area (Å²) in [7, 11) is 0. The lowest BCUT2D eigenvalue weighted by Crippen LogP contribution is -2.23. The summed E-state index contributed by atoms with van der Waals surface area (Å²) in [6.45, 7) is 0. The van der Waals surface area contributed by atoms with Gasteiger partial charge in [0.2, 0.25) is 0 Å². The number of hydrogen-bond acceptors (Lipinski definition) is 1. The van der Waals surface area contributed by atoms with Crippen molar-refractivity contribution >= 4 is 11.6 Å². The maximum atomic E-state index is 13.2. The Morgan fingerprint density at radius 1 is 1.41 bits per heavy atom. The molecule has 0 heterocycles. The first kappa shape index (κ1) is 12.6. The molecule has 2 rings (SSSR count). The highest BCUT2D eigenvalue weighted by molar-refractivity contribution is 6.30. The topological polar surface area (TPSA) is 20.2 Å². The van der Waals surface area contributed by atoms with E-state index in [-0.39, 0.29) is 5.02 Å². The minimum atomic E-state index is -0.417. The van der Waals surface area contributed by atoms with Crippen molar-refractivity contribution in [2.45, 2.75) is 31.8 Å². The van der Waals surface area contributed by atoms with E-state index < -0.39 is 11.9 Å². The van der Waals surface area contributed by atoms with E-state index in [1.165, 1.54) is 6.07 Å². The summed E-state index contributed by atoms with van der Waals surface area (Å²) in [6, 6.07) is 4.72. The molecular formula is C14H16ClFO. The SMILES string of the molecule is OC(Cc1ccc(Cl)c(F)c1)C1CC=CCC1. The lowest BCUT2D eigenvalue weighted by Gasteiger charge is -2.23. The molecule has 0 bridgehead atoms. The molecule has 1 N–H and O–H groups in total. The van der Waals surface area contributed by atoms with E-state index in [1.807, 2.05) is 0 Å². The third-order valence-corrected chi connectivity index (χ3v) is 3.59. The lowest BCUT2D eigenvalue weighted by atomic mass is 9.86. The Labute approximate surface area is 106 Å². The van der Waals surface area contributed by atoms with E-state index in [4.69, 9.17) is 11.6 Å². The minimum absolute atomic E-state index is 0.129. The molecular weight excluding hydrogens is 239 g/mol. The third-order valence-electron chi connectivity index (χ3n) is 3.28. The Balaban J connectivity index is 1.99. The van der Waals surface area contributed by atoms with Gasteiger partial charge in [-0.05, 0) is 49.3 Å². The van der Waals surface area contributed by atoms with Gasteiger partial charge in [-0.1, -0.05) is 29.8 Å². The van der Waals surface area contributed by atoms with E-state index in [0.29, 0.717) is 12.3 Å². The van der Waals surface area contributed by atoms with Crippen LogP contribution >= 0.6 is 11.6 Å². The van der Waals surface area contributed by atoms with Gasteiger partial charge >= 0.3 is 0 Å². The zero-order valence-electron chi connectivity index (χ0n) is 9.57. The number of rotatable bonds is 3. The number of allylic oxidation sites excluding steroid dienone is 2. The zero-order chi connectivity index (χ0) is 12.3. The fourth-order valence-corrected chi connectivity index (χ4v) is 2.36. The first-order chi connectivity index (χ1) is 8.16. The Morgan fingerprint density at radius 2 is 2.24 bits per heavy atom. The standard InChI is InChI=1S/C14H16ClFO/c15-12-7-6-10(8-13(12)16)9-14(17)11-4-2-1-3-5-11/h1-2,6-8,11,14,17H,3-5,9H2. The van der Waals surface area contributed by atoms with Gasteiger partial charge in [-0.15, -0.1) is 0 Å². The highest BCUT2D eigenvalue weighted by Gasteiger charge is 2.19.